The molecule has 1 aromatic rings. The Morgan fingerprint density at radius 1 is 1.44 bits per heavy atom. The largest absolute Gasteiger partial charge is 0.370 e. The summed E-state index contributed by atoms with van der Waals surface area (Å²) in [6.45, 7) is 2.46. The highest BCUT2D eigenvalue weighted by atomic mass is 79.9. The van der Waals surface area contributed by atoms with E-state index in [1.54, 1.807) is 0 Å². The van der Waals surface area contributed by atoms with Crippen LogP contribution in [0.2, 0.25) is 0 Å². The summed E-state index contributed by atoms with van der Waals surface area (Å²) in [6.07, 6.45) is 4.96. The van der Waals surface area contributed by atoms with Crippen molar-refractivity contribution in [3.8, 4) is 0 Å². The average Bonchev–Trinajstić information content (AvgIpc) is 2.36. The van der Waals surface area contributed by atoms with Gasteiger partial charge in [-0.2, -0.15) is 0 Å². The molecule has 0 aliphatic heterocycles. The second-order valence-corrected chi connectivity index (χ2v) is 6.05. The summed E-state index contributed by atoms with van der Waals surface area (Å²) >= 11 is 3.37. The standard InChI is InChI=1S/C15H19BrO2/c1-11-4-2-7-14(8-11)18-10-15(17)12-5-3-6-13(16)9-12/h3,5-6,9,11,14H,2,4,7-8,10H2,1H3. The van der Waals surface area contributed by atoms with Gasteiger partial charge in [-0.1, -0.05) is 47.8 Å². The summed E-state index contributed by atoms with van der Waals surface area (Å²) < 4.78 is 6.67. The summed E-state index contributed by atoms with van der Waals surface area (Å²) in [4.78, 5) is 12.0. The van der Waals surface area contributed by atoms with Gasteiger partial charge < -0.3 is 4.74 Å². The van der Waals surface area contributed by atoms with Crippen LogP contribution in [0, 0.1) is 5.92 Å². The molecule has 0 spiro atoms. The lowest BCUT2D eigenvalue weighted by atomic mass is 9.89. The number of carbonyl (C=O) groups is 1. The SMILES string of the molecule is CC1CCCC(OCC(=O)c2cccc(Br)c2)C1. The van der Waals surface area contributed by atoms with Gasteiger partial charge in [-0.3, -0.25) is 4.79 Å². The number of hydrogen-bond acceptors (Lipinski definition) is 2. The quantitative estimate of drug-likeness (QED) is 0.778. The first kappa shape index (κ1) is 13.8. The molecule has 0 N–H and O–H groups in total. The molecular weight excluding hydrogens is 292 g/mol. The maximum atomic E-state index is 12.0. The Kier molecular flexibility index (Phi) is 4.95. The third-order valence-electron chi connectivity index (χ3n) is 3.49. The first-order valence-electron chi connectivity index (χ1n) is 6.55. The van der Waals surface area contributed by atoms with Gasteiger partial charge in [-0.15, -0.1) is 0 Å². The van der Waals surface area contributed by atoms with Crippen LogP contribution in [0.4, 0.5) is 0 Å². The minimum absolute atomic E-state index is 0.0644. The molecule has 1 saturated carbocycles. The van der Waals surface area contributed by atoms with Crippen LogP contribution in [0.1, 0.15) is 43.0 Å². The van der Waals surface area contributed by atoms with E-state index in [9.17, 15) is 4.79 Å². The Hall–Kier alpha value is -0.670. The summed E-state index contributed by atoms with van der Waals surface area (Å²) in [5, 5.41) is 0. The van der Waals surface area contributed by atoms with Crippen LogP contribution in [-0.2, 0) is 4.74 Å². The minimum Gasteiger partial charge on any atom is -0.370 e. The molecule has 1 aliphatic rings. The van der Waals surface area contributed by atoms with E-state index < -0.39 is 0 Å². The molecule has 0 aromatic heterocycles. The van der Waals surface area contributed by atoms with E-state index in [2.05, 4.69) is 22.9 Å². The number of rotatable bonds is 4. The normalized spacial score (nSPS) is 23.9. The van der Waals surface area contributed by atoms with Crippen molar-refractivity contribution in [3.05, 3.63) is 34.3 Å². The van der Waals surface area contributed by atoms with Crippen molar-refractivity contribution in [1.29, 1.82) is 0 Å². The van der Waals surface area contributed by atoms with Crippen LogP contribution in [0.5, 0.6) is 0 Å². The number of carbonyl (C=O) groups excluding carboxylic acids is 1. The van der Waals surface area contributed by atoms with Gasteiger partial charge in [0.1, 0.15) is 6.61 Å². The highest BCUT2D eigenvalue weighted by molar-refractivity contribution is 9.10. The van der Waals surface area contributed by atoms with Crippen molar-refractivity contribution in [2.75, 3.05) is 6.61 Å². The van der Waals surface area contributed by atoms with Crippen molar-refractivity contribution in [1.82, 2.24) is 0 Å². The maximum Gasteiger partial charge on any atom is 0.188 e. The molecule has 98 valence electrons. The molecule has 1 aromatic carbocycles. The highest BCUT2D eigenvalue weighted by Crippen LogP contribution is 2.25. The Balaban J connectivity index is 1.84. The van der Waals surface area contributed by atoms with Gasteiger partial charge in [0.2, 0.25) is 0 Å². The fourth-order valence-electron chi connectivity index (χ4n) is 2.47. The molecule has 0 amide bonds. The van der Waals surface area contributed by atoms with Gasteiger partial charge >= 0.3 is 0 Å². The van der Waals surface area contributed by atoms with Gasteiger partial charge in [0.25, 0.3) is 0 Å². The molecule has 3 heteroatoms. The zero-order chi connectivity index (χ0) is 13.0. The van der Waals surface area contributed by atoms with E-state index in [1.165, 1.54) is 12.8 Å². The lowest BCUT2D eigenvalue weighted by molar-refractivity contribution is 0.0182. The first-order chi connectivity index (χ1) is 8.65. The van der Waals surface area contributed by atoms with Crippen LogP contribution in [0.15, 0.2) is 28.7 Å². The Labute approximate surface area is 117 Å². The first-order valence-corrected chi connectivity index (χ1v) is 7.35. The van der Waals surface area contributed by atoms with E-state index in [4.69, 9.17) is 4.74 Å². The third-order valence-corrected chi connectivity index (χ3v) is 3.98. The predicted octanol–water partition coefficient (Wildman–Crippen LogP) is 4.23. The van der Waals surface area contributed by atoms with Gasteiger partial charge in [-0.25, -0.2) is 0 Å². The van der Waals surface area contributed by atoms with Crippen molar-refractivity contribution in [2.45, 2.75) is 38.7 Å². The molecule has 0 heterocycles. The molecule has 2 rings (SSSR count). The van der Waals surface area contributed by atoms with Crippen molar-refractivity contribution in [3.63, 3.8) is 0 Å². The molecule has 1 fully saturated rings. The van der Waals surface area contributed by atoms with Gasteiger partial charge in [0, 0.05) is 10.0 Å². The van der Waals surface area contributed by atoms with Crippen LogP contribution >= 0.6 is 15.9 Å². The lowest BCUT2D eigenvalue weighted by Crippen LogP contribution is -2.24. The molecule has 2 atom stereocenters. The van der Waals surface area contributed by atoms with Crippen molar-refractivity contribution >= 4 is 21.7 Å². The Morgan fingerprint density at radius 2 is 2.28 bits per heavy atom. The van der Waals surface area contributed by atoms with Crippen molar-refractivity contribution in [2.24, 2.45) is 5.92 Å². The maximum absolute atomic E-state index is 12.0. The van der Waals surface area contributed by atoms with E-state index in [0.29, 0.717) is 5.56 Å². The predicted molar refractivity (Wildman–Crippen MR) is 75.8 cm³/mol. The second-order valence-electron chi connectivity index (χ2n) is 5.14. The number of halogens is 1. The lowest BCUT2D eigenvalue weighted by Gasteiger charge is -2.26. The van der Waals surface area contributed by atoms with Gasteiger partial charge in [-0.05, 0) is 30.9 Å². The Bertz CT molecular complexity index is 417. The fourth-order valence-corrected chi connectivity index (χ4v) is 2.87. The smallest absolute Gasteiger partial charge is 0.188 e. The monoisotopic (exact) mass is 310 g/mol. The zero-order valence-corrected chi connectivity index (χ0v) is 12.3. The molecule has 0 radical (unpaired) electrons. The van der Waals surface area contributed by atoms with Gasteiger partial charge in [0.15, 0.2) is 5.78 Å². The van der Waals surface area contributed by atoms with E-state index in [1.807, 2.05) is 24.3 Å². The second kappa shape index (κ2) is 6.48. The molecule has 18 heavy (non-hydrogen) atoms. The number of ether oxygens (including phenoxy) is 1. The van der Waals surface area contributed by atoms with E-state index >= 15 is 0 Å². The molecule has 0 bridgehead atoms. The molecule has 2 nitrogen and oxygen atoms in total. The van der Waals surface area contributed by atoms with Crippen molar-refractivity contribution < 1.29 is 9.53 Å². The van der Waals surface area contributed by atoms with Crippen LogP contribution < -0.4 is 0 Å². The van der Waals surface area contributed by atoms with E-state index in [-0.39, 0.29) is 18.5 Å². The van der Waals surface area contributed by atoms with Crippen LogP contribution in [-0.4, -0.2) is 18.5 Å². The molecule has 0 saturated heterocycles. The molecule has 2 unspecified atom stereocenters. The Morgan fingerprint density at radius 3 is 3.00 bits per heavy atom. The minimum atomic E-state index is 0.0644. The highest BCUT2D eigenvalue weighted by Gasteiger charge is 2.20. The van der Waals surface area contributed by atoms with E-state index in [0.717, 1.165) is 23.2 Å². The number of hydrogen-bond donors (Lipinski definition) is 0. The zero-order valence-electron chi connectivity index (χ0n) is 10.7. The van der Waals surface area contributed by atoms with Crippen LogP contribution in [0.25, 0.3) is 0 Å². The summed E-state index contributed by atoms with van der Waals surface area (Å²) in [7, 11) is 0. The molecule has 1 aliphatic carbocycles. The van der Waals surface area contributed by atoms with Gasteiger partial charge in [0.05, 0.1) is 6.10 Å². The topological polar surface area (TPSA) is 26.3 Å². The van der Waals surface area contributed by atoms with Crippen LogP contribution in [0.3, 0.4) is 0 Å². The number of ketones is 1. The fraction of sp³-hybridized carbons (Fsp3) is 0.533. The number of benzene rings is 1. The summed E-state index contributed by atoms with van der Waals surface area (Å²) in [6, 6.07) is 7.47. The number of Topliss-reactive ketones (excluding diaryl/α,β-unsaturated/α-hetero) is 1. The summed E-state index contributed by atoms with van der Waals surface area (Å²) in [5.74, 6) is 0.791. The molecular formula is C15H19BrO2. The average molecular weight is 311 g/mol. The summed E-state index contributed by atoms with van der Waals surface area (Å²) in [5.41, 5.74) is 0.716. The third kappa shape index (κ3) is 3.92.